The zero-order chi connectivity index (χ0) is 6.69. The van der Waals surface area contributed by atoms with E-state index in [9.17, 15) is 0 Å². The van der Waals surface area contributed by atoms with Crippen LogP contribution in [0.5, 0.6) is 0 Å². The van der Waals surface area contributed by atoms with Crippen molar-refractivity contribution in [2.45, 2.75) is 26.7 Å². The van der Waals surface area contributed by atoms with Gasteiger partial charge in [0.15, 0.2) is 0 Å². The quantitative estimate of drug-likeness (QED) is 0.518. The van der Waals surface area contributed by atoms with E-state index in [0.29, 0.717) is 0 Å². The molecule has 52 valence electrons. The SMILES string of the molecule is C/C=C(\C)N1CCCC1. The lowest BCUT2D eigenvalue weighted by Gasteiger charge is -2.16. The molecule has 0 aromatic heterocycles. The first kappa shape index (κ1) is 6.66. The topological polar surface area (TPSA) is 3.24 Å². The third-order valence-electron chi connectivity index (χ3n) is 2.02. The Hall–Kier alpha value is -0.460. The smallest absolute Gasteiger partial charge is 0.0175 e. The molecule has 0 aromatic rings. The summed E-state index contributed by atoms with van der Waals surface area (Å²) in [4.78, 5) is 2.44. The Morgan fingerprint density at radius 1 is 1.33 bits per heavy atom. The van der Waals surface area contributed by atoms with Gasteiger partial charge in [0.05, 0.1) is 0 Å². The predicted octanol–water partition coefficient (Wildman–Crippen LogP) is 2.01. The number of allylic oxidation sites excluding steroid dienone is 2. The highest BCUT2D eigenvalue weighted by molar-refractivity contribution is 4.96. The summed E-state index contributed by atoms with van der Waals surface area (Å²) in [5, 5.41) is 0. The fraction of sp³-hybridized carbons (Fsp3) is 0.750. The van der Waals surface area contributed by atoms with E-state index in [1.54, 1.807) is 0 Å². The van der Waals surface area contributed by atoms with Gasteiger partial charge in [0.2, 0.25) is 0 Å². The lowest BCUT2D eigenvalue weighted by Crippen LogP contribution is -2.15. The van der Waals surface area contributed by atoms with E-state index in [2.05, 4.69) is 24.8 Å². The van der Waals surface area contributed by atoms with Crippen molar-refractivity contribution in [1.82, 2.24) is 4.90 Å². The Morgan fingerprint density at radius 3 is 2.33 bits per heavy atom. The number of rotatable bonds is 1. The summed E-state index contributed by atoms with van der Waals surface area (Å²) < 4.78 is 0. The summed E-state index contributed by atoms with van der Waals surface area (Å²) >= 11 is 0. The van der Waals surface area contributed by atoms with E-state index in [4.69, 9.17) is 0 Å². The third kappa shape index (κ3) is 1.47. The van der Waals surface area contributed by atoms with Crippen molar-refractivity contribution in [2.24, 2.45) is 0 Å². The van der Waals surface area contributed by atoms with Crippen LogP contribution in [0.2, 0.25) is 0 Å². The van der Waals surface area contributed by atoms with Gasteiger partial charge < -0.3 is 4.90 Å². The molecule has 1 rings (SSSR count). The first-order chi connectivity index (χ1) is 4.34. The van der Waals surface area contributed by atoms with Crippen LogP contribution in [0, 0.1) is 0 Å². The van der Waals surface area contributed by atoms with Gasteiger partial charge in [-0.1, -0.05) is 6.08 Å². The van der Waals surface area contributed by atoms with Gasteiger partial charge in [-0.05, 0) is 26.7 Å². The molecule has 0 N–H and O–H groups in total. The van der Waals surface area contributed by atoms with Crippen molar-refractivity contribution in [2.75, 3.05) is 13.1 Å². The molecule has 0 amide bonds. The minimum atomic E-state index is 1.27. The molecule has 0 atom stereocenters. The molecule has 9 heavy (non-hydrogen) atoms. The van der Waals surface area contributed by atoms with E-state index in [1.165, 1.54) is 31.6 Å². The number of hydrogen-bond donors (Lipinski definition) is 0. The van der Waals surface area contributed by atoms with Crippen LogP contribution < -0.4 is 0 Å². The van der Waals surface area contributed by atoms with Crippen LogP contribution >= 0.6 is 0 Å². The summed E-state index contributed by atoms with van der Waals surface area (Å²) in [5.74, 6) is 0. The summed E-state index contributed by atoms with van der Waals surface area (Å²) in [6.07, 6.45) is 4.95. The van der Waals surface area contributed by atoms with Crippen molar-refractivity contribution in [3.05, 3.63) is 11.8 Å². The van der Waals surface area contributed by atoms with Gasteiger partial charge in [-0.25, -0.2) is 0 Å². The van der Waals surface area contributed by atoms with Crippen molar-refractivity contribution in [3.63, 3.8) is 0 Å². The van der Waals surface area contributed by atoms with Crippen molar-refractivity contribution >= 4 is 0 Å². The molecule has 1 heteroatoms. The Morgan fingerprint density at radius 2 is 1.89 bits per heavy atom. The summed E-state index contributed by atoms with van der Waals surface area (Å²) in [5.41, 5.74) is 1.44. The highest BCUT2D eigenvalue weighted by atomic mass is 15.1. The van der Waals surface area contributed by atoms with Crippen LogP contribution in [0.4, 0.5) is 0 Å². The Bertz CT molecular complexity index is 110. The van der Waals surface area contributed by atoms with E-state index in [0.717, 1.165) is 0 Å². The maximum absolute atomic E-state index is 2.44. The van der Waals surface area contributed by atoms with Crippen molar-refractivity contribution in [3.8, 4) is 0 Å². The average Bonchev–Trinajstić information content (AvgIpc) is 2.37. The second kappa shape index (κ2) is 2.90. The Labute approximate surface area is 57.4 Å². The molecule has 0 radical (unpaired) electrons. The second-order valence-electron chi connectivity index (χ2n) is 2.62. The zero-order valence-corrected chi connectivity index (χ0v) is 6.35. The van der Waals surface area contributed by atoms with Gasteiger partial charge in [0, 0.05) is 18.8 Å². The maximum Gasteiger partial charge on any atom is 0.0175 e. The number of likely N-dealkylation sites (tertiary alicyclic amines) is 1. The molecule has 1 aliphatic rings. The summed E-state index contributed by atoms with van der Waals surface area (Å²) in [6, 6.07) is 0. The molecule has 0 aliphatic carbocycles. The Balaban J connectivity index is 2.42. The molecule has 1 fully saturated rings. The van der Waals surface area contributed by atoms with Gasteiger partial charge in [0.25, 0.3) is 0 Å². The molecule has 0 unspecified atom stereocenters. The van der Waals surface area contributed by atoms with Gasteiger partial charge in [0.1, 0.15) is 0 Å². The number of hydrogen-bond acceptors (Lipinski definition) is 1. The van der Waals surface area contributed by atoms with Crippen LogP contribution in [0.25, 0.3) is 0 Å². The van der Waals surface area contributed by atoms with Crippen LogP contribution in [0.15, 0.2) is 11.8 Å². The zero-order valence-electron chi connectivity index (χ0n) is 6.35. The highest BCUT2D eigenvalue weighted by Crippen LogP contribution is 2.12. The van der Waals surface area contributed by atoms with E-state index >= 15 is 0 Å². The molecule has 1 saturated heterocycles. The lowest BCUT2D eigenvalue weighted by atomic mass is 10.4. The molecule has 0 saturated carbocycles. The largest absolute Gasteiger partial charge is 0.375 e. The first-order valence-corrected chi connectivity index (χ1v) is 3.72. The molecule has 1 heterocycles. The van der Waals surface area contributed by atoms with Gasteiger partial charge >= 0.3 is 0 Å². The van der Waals surface area contributed by atoms with E-state index in [-0.39, 0.29) is 0 Å². The monoisotopic (exact) mass is 125 g/mol. The minimum absolute atomic E-state index is 1.27. The average molecular weight is 125 g/mol. The normalized spacial score (nSPS) is 21.1. The van der Waals surface area contributed by atoms with Gasteiger partial charge in [-0.2, -0.15) is 0 Å². The Kier molecular flexibility index (Phi) is 2.15. The van der Waals surface area contributed by atoms with Crippen LogP contribution in [0.3, 0.4) is 0 Å². The van der Waals surface area contributed by atoms with Gasteiger partial charge in [-0.3, -0.25) is 0 Å². The molecule has 1 aliphatic heterocycles. The summed E-state index contributed by atoms with van der Waals surface area (Å²) in [7, 11) is 0. The maximum atomic E-state index is 2.44. The summed E-state index contributed by atoms with van der Waals surface area (Å²) in [6.45, 7) is 6.84. The van der Waals surface area contributed by atoms with Crippen molar-refractivity contribution < 1.29 is 0 Å². The fourth-order valence-electron chi connectivity index (χ4n) is 1.25. The number of nitrogens with zero attached hydrogens (tertiary/aromatic N) is 1. The first-order valence-electron chi connectivity index (χ1n) is 3.72. The molecular formula is C8H15N. The van der Waals surface area contributed by atoms with Crippen LogP contribution in [-0.2, 0) is 0 Å². The van der Waals surface area contributed by atoms with Crippen molar-refractivity contribution in [1.29, 1.82) is 0 Å². The minimum Gasteiger partial charge on any atom is -0.375 e. The van der Waals surface area contributed by atoms with Gasteiger partial charge in [-0.15, -0.1) is 0 Å². The fourth-order valence-corrected chi connectivity index (χ4v) is 1.25. The molecule has 0 spiro atoms. The van der Waals surface area contributed by atoms with Crippen LogP contribution in [-0.4, -0.2) is 18.0 Å². The lowest BCUT2D eigenvalue weighted by molar-refractivity contribution is 0.427. The standard InChI is InChI=1S/C8H15N/c1-3-8(2)9-6-4-5-7-9/h3H,4-7H2,1-2H3/b8-3+. The highest BCUT2D eigenvalue weighted by Gasteiger charge is 2.09. The molecule has 1 nitrogen and oxygen atoms in total. The third-order valence-corrected chi connectivity index (χ3v) is 2.02. The second-order valence-corrected chi connectivity index (χ2v) is 2.62. The molecular weight excluding hydrogens is 110 g/mol. The van der Waals surface area contributed by atoms with E-state index < -0.39 is 0 Å². The predicted molar refractivity (Wildman–Crippen MR) is 40.2 cm³/mol. The van der Waals surface area contributed by atoms with Crippen LogP contribution in [0.1, 0.15) is 26.7 Å². The molecule has 0 bridgehead atoms. The molecule has 0 aromatic carbocycles. The van der Waals surface area contributed by atoms with E-state index in [1.807, 2.05) is 0 Å².